The molecule has 8 nitrogen and oxygen atoms in total. The SMILES string of the molecule is O=C(NCc1ccnc(N2CCCC2)c1)Nc1cccc([N+](=O)[O-])c1. The number of nitro groups is 1. The molecule has 1 fully saturated rings. The van der Waals surface area contributed by atoms with Gasteiger partial charge in [-0.1, -0.05) is 6.07 Å². The molecule has 2 N–H and O–H groups in total. The van der Waals surface area contributed by atoms with Crippen molar-refractivity contribution in [3.8, 4) is 0 Å². The van der Waals surface area contributed by atoms with E-state index in [1.807, 2.05) is 12.1 Å². The van der Waals surface area contributed by atoms with Crippen LogP contribution in [0.25, 0.3) is 0 Å². The Hall–Kier alpha value is -3.16. The topological polar surface area (TPSA) is 100 Å². The molecule has 3 rings (SSSR count). The summed E-state index contributed by atoms with van der Waals surface area (Å²) in [7, 11) is 0. The summed E-state index contributed by atoms with van der Waals surface area (Å²) in [5.41, 5.74) is 1.26. The zero-order valence-corrected chi connectivity index (χ0v) is 13.6. The molecule has 1 saturated heterocycles. The smallest absolute Gasteiger partial charge is 0.319 e. The third kappa shape index (κ3) is 4.43. The predicted octanol–water partition coefficient (Wildman–Crippen LogP) is 2.91. The van der Waals surface area contributed by atoms with Crippen molar-refractivity contribution in [2.75, 3.05) is 23.3 Å². The summed E-state index contributed by atoms with van der Waals surface area (Å²) in [6.45, 7) is 2.37. The lowest BCUT2D eigenvalue weighted by Crippen LogP contribution is -2.28. The van der Waals surface area contributed by atoms with Crippen molar-refractivity contribution in [2.24, 2.45) is 0 Å². The maximum Gasteiger partial charge on any atom is 0.319 e. The average molecular weight is 341 g/mol. The first kappa shape index (κ1) is 16.7. The van der Waals surface area contributed by atoms with E-state index in [0.717, 1.165) is 24.5 Å². The van der Waals surface area contributed by atoms with Crippen LogP contribution < -0.4 is 15.5 Å². The van der Waals surface area contributed by atoms with Crippen LogP contribution in [-0.4, -0.2) is 29.0 Å². The van der Waals surface area contributed by atoms with Crippen LogP contribution in [0.4, 0.5) is 22.0 Å². The highest BCUT2D eigenvalue weighted by Crippen LogP contribution is 2.19. The number of hydrogen-bond acceptors (Lipinski definition) is 5. The molecule has 1 aromatic heterocycles. The van der Waals surface area contributed by atoms with Gasteiger partial charge in [0.1, 0.15) is 5.82 Å². The largest absolute Gasteiger partial charge is 0.357 e. The molecule has 2 amide bonds. The monoisotopic (exact) mass is 341 g/mol. The summed E-state index contributed by atoms with van der Waals surface area (Å²) in [6.07, 6.45) is 4.09. The van der Waals surface area contributed by atoms with E-state index >= 15 is 0 Å². The molecule has 2 aromatic rings. The second-order valence-corrected chi connectivity index (χ2v) is 5.83. The Morgan fingerprint density at radius 3 is 2.80 bits per heavy atom. The second kappa shape index (κ2) is 7.61. The van der Waals surface area contributed by atoms with Crippen molar-refractivity contribution in [1.82, 2.24) is 10.3 Å². The summed E-state index contributed by atoms with van der Waals surface area (Å²) in [6, 6.07) is 9.23. The number of amides is 2. The molecule has 0 spiro atoms. The summed E-state index contributed by atoms with van der Waals surface area (Å²) < 4.78 is 0. The Bertz CT molecular complexity index is 774. The van der Waals surface area contributed by atoms with E-state index < -0.39 is 11.0 Å². The third-order valence-electron chi connectivity index (χ3n) is 4.01. The van der Waals surface area contributed by atoms with E-state index in [1.165, 1.54) is 31.0 Å². The standard InChI is InChI=1S/C17H19N5O3/c23-17(20-14-4-3-5-15(11-14)22(24)25)19-12-13-6-7-18-16(10-13)21-8-1-2-9-21/h3-7,10-11H,1-2,8-9,12H2,(H2,19,20,23). The minimum absolute atomic E-state index is 0.0674. The van der Waals surface area contributed by atoms with Crippen molar-refractivity contribution in [1.29, 1.82) is 0 Å². The number of pyridine rings is 1. The van der Waals surface area contributed by atoms with Crippen LogP contribution in [0, 0.1) is 10.1 Å². The van der Waals surface area contributed by atoms with Gasteiger partial charge in [-0.05, 0) is 36.6 Å². The fourth-order valence-corrected chi connectivity index (χ4v) is 2.74. The number of non-ortho nitro benzene ring substituents is 1. The van der Waals surface area contributed by atoms with Gasteiger partial charge in [0.05, 0.1) is 4.92 Å². The first-order valence-corrected chi connectivity index (χ1v) is 8.11. The second-order valence-electron chi connectivity index (χ2n) is 5.83. The van der Waals surface area contributed by atoms with Crippen molar-refractivity contribution in [2.45, 2.75) is 19.4 Å². The fourth-order valence-electron chi connectivity index (χ4n) is 2.74. The molecule has 0 radical (unpaired) electrons. The summed E-state index contributed by atoms with van der Waals surface area (Å²) in [4.78, 5) is 28.9. The number of carbonyl (C=O) groups is 1. The number of hydrogen-bond donors (Lipinski definition) is 2. The van der Waals surface area contributed by atoms with E-state index in [9.17, 15) is 14.9 Å². The Morgan fingerprint density at radius 2 is 2.04 bits per heavy atom. The van der Waals surface area contributed by atoms with E-state index in [1.54, 1.807) is 12.3 Å². The van der Waals surface area contributed by atoms with Gasteiger partial charge in [0.15, 0.2) is 0 Å². The first-order chi connectivity index (χ1) is 12.1. The normalized spacial score (nSPS) is 13.5. The Morgan fingerprint density at radius 1 is 1.24 bits per heavy atom. The van der Waals surface area contributed by atoms with Gasteiger partial charge in [0, 0.05) is 43.7 Å². The number of nitrogens with one attached hydrogen (secondary N) is 2. The number of carbonyl (C=O) groups excluding carboxylic acids is 1. The quantitative estimate of drug-likeness (QED) is 0.643. The van der Waals surface area contributed by atoms with Crippen LogP contribution in [0.1, 0.15) is 18.4 Å². The molecular formula is C17H19N5O3. The molecular weight excluding hydrogens is 322 g/mol. The predicted molar refractivity (Wildman–Crippen MR) is 94.6 cm³/mol. The summed E-state index contributed by atoms with van der Waals surface area (Å²) in [5, 5.41) is 16.1. The van der Waals surface area contributed by atoms with Crippen LogP contribution in [-0.2, 0) is 6.54 Å². The van der Waals surface area contributed by atoms with E-state index in [-0.39, 0.29) is 5.69 Å². The van der Waals surface area contributed by atoms with Crippen molar-refractivity contribution in [3.05, 3.63) is 58.3 Å². The van der Waals surface area contributed by atoms with Gasteiger partial charge in [-0.25, -0.2) is 9.78 Å². The highest BCUT2D eigenvalue weighted by atomic mass is 16.6. The van der Waals surface area contributed by atoms with Gasteiger partial charge in [0.25, 0.3) is 5.69 Å². The van der Waals surface area contributed by atoms with Gasteiger partial charge in [-0.15, -0.1) is 0 Å². The van der Waals surface area contributed by atoms with Gasteiger partial charge >= 0.3 is 6.03 Å². The zero-order valence-electron chi connectivity index (χ0n) is 13.6. The van der Waals surface area contributed by atoms with Crippen molar-refractivity contribution in [3.63, 3.8) is 0 Å². The van der Waals surface area contributed by atoms with Gasteiger partial charge in [-0.3, -0.25) is 10.1 Å². The van der Waals surface area contributed by atoms with Crippen LogP contribution in [0.2, 0.25) is 0 Å². The highest BCUT2D eigenvalue weighted by molar-refractivity contribution is 5.89. The molecule has 0 saturated carbocycles. The van der Waals surface area contributed by atoms with Crippen LogP contribution in [0.3, 0.4) is 0 Å². The Kier molecular flexibility index (Phi) is 5.08. The molecule has 130 valence electrons. The average Bonchev–Trinajstić information content (AvgIpc) is 3.15. The summed E-state index contributed by atoms with van der Waals surface area (Å²) in [5.74, 6) is 0.927. The number of benzene rings is 1. The zero-order chi connectivity index (χ0) is 17.6. The number of rotatable bonds is 5. The molecule has 1 aliphatic heterocycles. The number of aromatic nitrogens is 1. The van der Waals surface area contributed by atoms with Crippen molar-refractivity contribution < 1.29 is 9.72 Å². The van der Waals surface area contributed by atoms with Gasteiger partial charge in [-0.2, -0.15) is 0 Å². The highest BCUT2D eigenvalue weighted by Gasteiger charge is 2.14. The molecule has 0 unspecified atom stereocenters. The maximum atomic E-state index is 12.0. The van der Waals surface area contributed by atoms with Gasteiger partial charge in [0.2, 0.25) is 0 Å². The minimum Gasteiger partial charge on any atom is -0.357 e. The van der Waals surface area contributed by atoms with Crippen molar-refractivity contribution >= 4 is 23.2 Å². The molecule has 0 bridgehead atoms. The molecule has 25 heavy (non-hydrogen) atoms. The molecule has 0 aliphatic carbocycles. The number of nitro benzene ring substituents is 1. The Balaban J connectivity index is 1.56. The van der Waals surface area contributed by atoms with E-state index in [4.69, 9.17) is 0 Å². The number of nitrogens with zero attached hydrogens (tertiary/aromatic N) is 3. The number of anilines is 2. The first-order valence-electron chi connectivity index (χ1n) is 8.11. The molecule has 1 aliphatic rings. The number of urea groups is 1. The molecule has 8 heteroatoms. The minimum atomic E-state index is -0.500. The lowest BCUT2D eigenvalue weighted by atomic mass is 10.2. The fraction of sp³-hybridized carbons (Fsp3) is 0.294. The maximum absolute atomic E-state index is 12.0. The van der Waals surface area contributed by atoms with E-state index in [0.29, 0.717) is 12.2 Å². The Labute approximate surface area is 145 Å². The van der Waals surface area contributed by atoms with E-state index in [2.05, 4.69) is 20.5 Å². The molecule has 0 atom stereocenters. The van der Waals surface area contributed by atoms with Crippen LogP contribution in [0.15, 0.2) is 42.6 Å². The van der Waals surface area contributed by atoms with Gasteiger partial charge < -0.3 is 15.5 Å². The third-order valence-corrected chi connectivity index (χ3v) is 4.01. The lowest BCUT2D eigenvalue weighted by molar-refractivity contribution is -0.384. The van der Waals surface area contributed by atoms with Crippen LogP contribution in [0.5, 0.6) is 0 Å². The lowest BCUT2D eigenvalue weighted by Gasteiger charge is -2.17. The summed E-state index contributed by atoms with van der Waals surface area (Å²) >= 11 is 0. The molecule has 1 aromatic carbocycles. The van der Waals surface area contributed by atoms with Crippen LogP contribution >= 0.6 is 0 Å². The molecule has 2 heterocycles.